The standard InChI is InChI=1S/C16H23N5O3/c1-3-4-12-9-13(20-19-12)15(22)18-14(11-5-7-23-8-6-11)16-17-10(2)21-24-16/h9,11,14H,3-8H2,1-2H3,(H,18,22)(H,19,20)/t14-/m1/s1. The van der Waals surface area contributed by atoms with Gasteiger partial charge >= 0.3 is 0 Å². The number of carbonyl (C=O) groups excluding carboxylic acids is 1. The molecule has 1 aliphatic heterocycles. The zero-order valence-electron chi connectivity index (χ0n) is 14.0. The summed E-state index contributed by atoms with van der Waals surface area (Å²) in [4.78, 5) is 16.9. The second-order valence-corrected chi connectivity index (χ2v) is 6.11. The van der Waals surface area contributed by atoms with Crippen LogP contribution in [-0.4, -0.2) is 39.5 Å². The van der Waals surface area contributed by atoms with E-state index in [0.717, 1.165) is 31.4 Å². The summed E-state index contributed by atoms with van der Waals surface area (Å²) < 4.78 is 10.7. The van der Waals surface area contributed by atoms with Gasteiger partial charge in [-0.15, -0.1) is 0 Å². The van der Waals surface area contributed by atoms with Gasteiger partial charge in [0.05, 0.1) is 0 Å². The minimum Gasteiger partial charge on any atom is -0.381 e. The summed E-state index contributed by atoms with van der Waals surface area (Å²) in [5, 5.41) is 13.9. The molecule has 2 aromatic rings. The average Bonchev–Trinajstić information content (AvgIpc) is 3.23. The van der Waals surface area contributed by atoms with E-state index >= 15 is 0 Å². The highest BCUT2D eigenvalue weighted by Crippen LogP contribution is 2.29. The van der Waals surface area contributed by atoms with E-state index in [0.29, 0.717) is 30.6 Å². The van der Waals surface area contributed by atoms with Gasteiger partial charge in [0.25, 0.3) is 5.91 Å². The summed E-state index contributed by atoms with van der Waals surface area (Å²) in [5.41, 5.74) is 1.34. The third-order valence-corrected chi connectivity index (χ3v) is 4.22. The molecule has 2 N–H and O–H groups in total. The van der Waals surface area contributed by atoms with E-state index in [2.05, 4.69) is 32.6 Å². The number of hydrogen-bond acceptors (Lipinski definition) is 6. The first-order valence-corrected chi connectivity index (χ1v) is 8.40. The number of carbonyl (C=O) groups is 1. The third-order valence-electron chi connectivity index (χ3n) is 4.22. The highest BCUT2D eigenvalue weighted by atomic mass is 16.5. The quantitative estimate of drug-likeness (QED) is 0.837. The maximum absolute atomic E-state index is 12.6. The molecule has 1 aliphatic rings. The number of aromatic nitrogens is 4. The lowest BCUT2D eigenvalue weighted by Gasteiger charge is -2.28. The first-order chi connectivity index (χ1) is 11.7. The fourth-order valence-corrected chi connectivity index (χ4v) is 2.96. The number of aromatic amines is 1. The molecule has 1 atom stereocenters. The van der Waals surface area contributed by atoms with E-state index in [1.807, 2.05) is 0 Å². The number of ether oxygens (including phenoxy) is 1. The van der Waals surface area contributed by atoms with Crippen molar-refractivity contribution in [3.63, 3.8) is 0 Å². The van der Waals surface area contributed by atoms with Crippen molar-refractivity contribution in [2.45, 2.75) is 45.6 Å². The number of hydrogen-bond donors (Lipinski definition) is 2. The zero-order valence-corrected chi connectivity index (χ0v) is 14.0. The van der Waals surface area contributed by atoms with Crippen LogP contribution in [0.1, 0.15) is 60.1 Å². The van der Waals surface area contributed by atoms with Crippen LogP contribution in [0.15, 0.2) is 10.6 Å². The Kier molecular flexibility index (Phi) is 5.24. The Morgan fingerprint density at radius 2 is 2.25 bits per heavy atom. The topological polar surface area (TPSA) is 106 Å². The Balaban J connectivity index is 1.76. The van der Waals surface area contributed by atoms with Crippen molar-refractivity contribution in [1.82, 2.24) is 25.7 Å². The van der Waals surface area contributed by atoms with Gasteiger partial charge in [0, 0.05) is 18.9 Å². The van der Waals surface area contributed by atoms with E-state index in [1.54, 1.807) is 13.0 Å². The van der Waals surface area contributed by atoms with Crippen LogP contribution in [0.4, 0.5) is 0 Å². The summed E-state index contributed by atoms with van der Waals surface area (Å²) in [7, 11) is 0. The van der Waals surface area contributed by atoms with Crippen LogP contribution in [0.25, 0.3) is 0 Å². The lowest BCUT2D eigenvalue weighted by molar-refractivity contribution is 0.0467. The number of aryl methyl sites for hydroxylation is 2. The highest BCUT2D eigenvalue weighted by molar-refractivity contribution is 5.92. The minimum atomic E-state index is -0.325. The maximum atomic E-state index is 12.6. The average molecular weight is 333 g/mol. The molecule has 0 bridgehead atoms. The molecule has 3 heterocycles. The van der Waals surface area contributed by atoms with Crippen LogP contribution in [0.5, 0.6) is 0 Å². The summed E-state index contributed by atoms with van der Waals surface area (Å²) >= 11 is 0. The molecule has 0 radical (unpaired) electrons. The van der Waals surface area contributed by atoms with E-state index in [1.165, 1.54) is 0 Å². The molecule has 0 spiro atoms. The van der Waals surface area contributed by atoms with Gasteiger partial charge in [-0.25, -0.2) is 0 Å². The van der Waals surface area contributed by atoms with Crippen molar-refractivity contribution in [2.24, 2.45) is 5.92 Å². The Morgan fingerprint density at radius 3 is 2.92 bits per heavy atom. The lowest BCUT2D eigenvalue weighted by atomic mass is 9.91. The molecular weight excluding hydrogens is 310 g/mol. The summed E-state index contributed by atoms with van der Waals surface area (Å²) in [6.45, 7) is 5.20. The van der Waals surface area contributed by atoms with Crippen molar-refractivity contribution < 1.29 is 14.1 Å². The Labute approximate surface area is 140 Å². The molecule has 1 amide bonds. The molecule has 2 aromatic heterocycles. The van der Waals surface area contributed by atoms with Crippen LogP contribution in [0.3, 0.4) is 0 Å². The van der Waals surface area contributed by atoms with Gasteiger partial charge in [-0.3, -0.25) is 9.89 Å². The molecule has 24 heavy (non-hydrogen) atoms. The number of H-pyrrole nitrogens is 1. The Hall–Kier alpha value is -2.22. The predicted octanol–water partition coefficient (Wildman–Crippen LogP) is 1.95. The van der Waals surface area contributed by atoms with Crippen molar-refractivity contribution in [3.05, 3.63) is 29.2 Å². The van der Waals surface area contributed by atoms with Gasteiger partial charge in [0.2, 0.25) is 5.89 Å². The largest absolute Gasteiger partial charge is 0.381 e. The second kappa shape index (κ2) is 7.57. The number of rotatable bonds is 6. The van der Waals surface area contributed by atoms with Crippen molar-refractivity contribution in [3.8, 4) is 0 Å². The van der Waals surface area contributed by atoms with E-state index in [-0.39, 0.29) is 17.9 Å². The van der Waals surface area contributed by atoms with E-state index in [9.17, 15) is 4.79 Å². The highest BCUT2D eigenvalue weighted by Gasteiger charge is 2.31. The number of nitrogens with zero attached hydrogens (tertiary/aromatic N) is 3. The Morgan fingerprint density at radius 1 is 1.46 bits per heavy atom. The van der Waals surface area contributed by atoms with Gasteiger partial charge in [0.15, 0.2) is 5.82 Å². The maximum Gasteiger partial charge on any atom is 0.272 e. The number of nitrogens with one attached hydrogen (secondary N) is 2. The van der Waals surface area contributed by atoms with Crippen LogP contribution >= 0.6 is 0 Å². The lowest BCUT2D eigenvalue weighted by Crippen LogP contribution is -2.36. The molecule has 3 rings (SSSR count). The molecule has 8 nitrogen and oxygen atoms in total. The third kappa shape index (κ3) is 3.81. The smallest absolute Gasteiger partial charge is 0.272 e. The van der Waals surface area contributed by atoms with Crippen molar-refractivity contribution in [2.75, 3.05) is 13.2 Å². The van der Waals surface area contributed by atoms with Crippen LogP contribution < -0.4 is 5.32 Å². The van der Waals surface area contributed by atoms with Gasteiger partial charge in [-0.1, -0.05) is 18.5 Å². The van der Waals surface area contributed by atoms with Gasteiger partial charge in [-0.2, -0.15) is 10.1 Å². The fourth-order valence-electron chi connectivity index (χ4n) is 2.96. The molecule has 1 fully saturated rings. The molecule has 0 aromatic carbocycles. The normalized spacial score (nSPS) is 16.9. The molecule has 0 saturated carbocycles. The predicted molar refractivity (Wildman–Crippen MR) is 85.4 cm³/mol. The van der Waals surface area contributed by atoms with Gasteiger partial charge in [-0.05, 0) is 38.2 Å². The second-order valence-electron chi connectivity index (χ2n) is 6.11. The van der Waals surface area contributed by atoms with Crippen molar-refractivity contribution >= 4 is 5.91 Å². The molecular formula is C16H23N5O3. The SMILES string of the molecule is CCCc1cc(C(=O)N[C@@H](c2nc(C)no2)C2CCOCC2)n[nH]1. The number of amides is 1. The first-order valence-electron chi connectivity index (χ1n) is 8.40. The molecule has 0 unspecified atom stereocenters. The van der Waals surface area contributed by atoms with Gasteiger partial charge < -0.3 is 14.6 Å². The summed E-state index contributed by atoms with van der Waals surface area (Å²) in [6, 6.07) is 1.47. The summed E-state index contributed by atoms with van der Waals surface area (Å²) in [5.74, 6) is 0.968. The Bertz CT molecular complexity index is 675. The zero-order chi connectivity index (χ0) is 16.9. The van der Waals surface area contributed by atoms with Crippen LogP contribution in [-0.2, 0) is 11.2 Å². The first kappa shape index (κ1) is 16.6. The monoisotopic (exact) mass is 333 g/mol. The fraction of sp³-hybridized carbons (Fsp3) is 0.625. The van der Waals surface area contributed by atoms with Crippen LogP contribution in [0.2, 0.25) is 0 Å². The van der Waals surface area contributed by atoms with E-state index in [4.69, 9.17) is 9.26 Å². The minimum absolute atomic E-state index is 0.205. The molecule has 130 valence electrons. The van der Waals surface area contributed by atoms with Crippen LogP contribution in [0, 0.1) is 12.8 Å². The molecule has 8 heteroatoms. The molecule has 0 aliphatic carbocycles. The summed E-state index contributed by atoms with van der Waals surface area (Å²) in [6.07, 6.45) is 3.55. The molecule has 1 saturated heterocycles. The van der Waals surface area contributed by atoms with Crippen molar-refractivity contribution in [1.29, 1.82) is 0 Å². The van der Waals surface area contributed by atoms with Gasteiger partial charge in [0.1, 0.15) is 11.7 Å². The van der Waals surface area contributed by atoms with E-state index < -0.39 is 0 Å².